The number of nitrogens with two attached hydrogens (primary N) is 1. The molecule has 0 aliphatic carbocycles. The third kappa shape index (κ3) is 2.29. The number of methoxy groups -OCH3 is 1. The van der Waals surface area contributed by atoms with Crippen LogP contribution < -0.4 is 19.3 Å². The second kappa shape index (κ2) is 4.59. The summed E-state index contributed by atoms with van der Waals surface area (Å²) < 4.78 is 38.4. The predicted molar refractivity (Wildman–Crippen MR) is 62.3 cm³/mol. The van der Waals surface area contributed by atoms with E-state index in [4.69, 9.17) is 24.5 Å². The van der Waals surface area contributed by atoms with Crippen molar-refractivity contribution in [1.29, 1.82) is 0 Å². The average molecular weight is 289 g/mol. The molecule has 1 aromatic carbocycles. The summed E-state index contributed by atoms with van der Waals surface area (Å²) in [4.78, 5) is 10.7. The quantitative estimate of drug-likeness (QED) is 0.790. The van der Waals surface area contributed by atoms with Crippen molar-refractivity contribution in [3.8, 4) is 17.2 Å². The smallest absolute Gasteiger partial charge is 0.339 e. The van der Waals surface area contributed by atoms with Crippen molar-refractivity contribution in [3.63, 3.8) is 0 Å². The number of aromatic carboxylic acids is 1. The van der Waals surface area contributed by atoms with Crippen LogP contribution in [0.3, 0.4) is 0 Å². The van der Waals surface area contributed by atoms with Gasteiger partial charge < -0.3 is 19.3 Å². The number of carbonyl (C=O) groups is 1. The zero-order valence-corrected chi connectivity index (χ0v) is 10.7. The van der Waals surface area contributed by atoms with Gasteiger partial charge in [0.1, 0.15) is 23.7 Å². The molecule has 0 atom stereocenters. The number of fused-ring (bicyclic) bond motifs is 1. The summed E-state index contributed by atoms with van der Waals surface area (Å²) >= 11 is 0. The van der Waals surface area contributed by atoms with Gasteiger partial charge in [-0.2, -0.15) is 0 Å². The maximum absolute atomic E-state index is 11.5. The first kappa shape index (κ1) is 13.4. The van der Waals surface area contributed by atoms with E-state index in [1.807, 2.05) is 0 Å². The number of ether oxygens (including phenoxy) is 3. The zero-order chi connectivity index (χ0) is 14.2. The molecule has 0 fully saturated rings. The highest BCUT2D eigenvalue weighted by molar-refractivity contribution is 7.89. The van der Waals surface area contributed by atoms with Crippen LogP contribution in [-0.2, 0) is 10.0 Å². The zero-order valence-electron chi connectivity index (χ0n) is 9.87. The van der Waals surface area contributed by atoms with E-state index in [0.29, 0.717) is 0 Å². The normalized spacial score (nSPS) is 14.0. The second-order valence-corrected chi connectivity index (χ2v) is 5.19. The molecule has 0 radical (unpaired) electrons. The average Bonchev–Trinajstić information content (AvgIpc) is 2.35. The highest BCUT2D eigenvalue weighted by Gasteiger charge is 2.31. The maximum atomic E-state index is 11.5. The number of benzene rings is 1. The molecule has 1 aliphatic rings. The molecule has 0 saturated carbocycles. The van der Waals surface area contributed by atoms with Gasteiger partial charge in [0, 0.05) is 0 Å². The molecule has 1 aliphatic heterocycles. The Morgan fingerprint density at radius 3 is 2.42 bits per heavy atom. The van der Waals surface area contributed by atoms with E-state index in [1.165, 1.54) is 7.11 Å². The lowest BCUT2D eigenvalue weighted by Gasteiger charge is -2.23. The Labute approximate surface area is 108 Å². The first-order valence-electron chi connectivity index (χ1n) is 5.13. The van der Waals surface area contributed by atoms with Gasteiger partial charge in [0.05, 0.1) is 7.11 Å². The Kier molecular flexibility index (Phi) is 3.25. The summed E-state index contributed by atoms with van der Waals surface area (Å²) in [7, 11) is -2.93. The van der Waals surface area contributed by atoms with Gasteiger partial charge in [-0.15, -0.1) is 0 Å². The van der Waals surface area contributed by atoms with Crippen molar-refractivity contribution < 1.29 is 32.5 Å². The Morgan fingerprint density at radius 1 is 1.37 bits per heavy atom. The summed E-state index contributed by atoms with van der Waals surface area (Å²) in [5, 5.41) is 14.1. The fraction of sp³-hybridized carbons (Fsp3) is 0.300. The summed E-state index contributed by atoms with van der Waals surface area (Å²) in [6.07, 6.45) is 0. The van der Waals surface area contributed by atoms with Crippen LogP contribution in [0, 0.1) is 0 Å². The molecule has 0 amide bonds. The van der Waals surface area contributed by atoms with Crippen molar-refractivity contribution in [2.45, 2.75) is 4.90 Å². The molecule has 1 heterocycles. The number of sulfonamides is 1. The van der Waals surface area contributed by atoms with E-state index < -0.39 is 20.9 Å². The van der Waals surface area contributed by atoms with E-state index in [-0.39, 0.29) is 36.0 Å². The van der Waals surface area contributed by atoms with Crippen LogP contribution in [0.1, 0.15) is 10.4 Å². The highest BCUT2D eigenvalue weighted by atomic mass is 32.2. The minimum absolute atomic E-state index is 0.0667. The number of hydrogen-bond donors (Lipinski definition) is 2. The van der Waals surface area contributed by atoms with Crippen LogP contribution >= 0.6 is 0 Å². The minimum Gasteiger partial charge on any atom is -0.491 e. The van der Waals surface area contributed by atoms with Gasteiger partial charge in [-0.3, -0.25) is 0 Å². The lowest BCUT2D eigenvalue weighted by molar-refractivity contribution is 0.0685. The molecule has 19 heavy (non-hydrogen) atoms. The van der Waals surface area contributed by atoms with Crippen LogP contribution in [0.5, 0.6) is 17.2 Å². The molecule has 8 nitrogen and oxygen atoms in total. The number of carboxylic acids is 1. The molecule has 0 saturated heterocycles. The first-order chi connectivity index (χ1) is 8.86. The summed E-state index contributed by atoms with van der Waals surface area (Å²) in [5.74, 6) is -1.66. The van der Waals surface area contributed by atoms with Gasteiger partial charge in [-0.1, -0.05) is 0 Å². The number of carboxylic acid groups (broad SMARTS) is 1. The Bertz CT molecular complexity index is 638. The summed E-state index contributed by atoms with van der Waals surface area (Å²) in [5.41, 5.74) is -0.348. The molecule has 3 N–H and O–H groups in total. The Balaban J connectivity index is 2.83. The van der Waals surface area contributed by atoms with Gasteiger partial charge >= 0.3 is 5.97 Å². The van der Waals surface area contributed by atoms with Crippen LogP contribution in [-0.4, -0.2) is 39.8 Å². The SMILES string of the molecule is COc1c(S(N)(=O)=O)cc(C(=O)O)c2c1OCCO2. The van der Waals surface area contributed by atoms with Gasteiger partial charge in [0.2, 0.25) is 15.8 Å². The van der Waals surface area contributed by atoms with Crippen LogP contribution in [0.25, 0.3) is 0 Å². The number of hydrogen-bond acceptors (Lipinski definition) is 6. The molecule has 0 aromatic heterocycles. The molecule has 1 aromatic rings. The van der Waals surface area contributed by atoms with Gasteiger partial charge in [-0.25, -0.2) is 18.4 Å². The maximum Gasteiger partial charge on any atom is 0.339 e. The van der Waals surface area contributed by atoms with E-state index in [1.54, 1.807) is 0 Å². The van der Waals surface area contributed by atoms with E-state index in [9.17, 15) is 13.2 Å². The fourth-order valence-corrected chi connectivity index (χ4v) is 2.44. The Morgan fingerprint density at radius 2 is 1.95 bits per heavy atom. The third-order valence-electron chi connectivity index (χ3n) is 2.47. The third-order valence-corrected chi connectivity index (χ3v) is 3.39. The highest BCUT2D eigenvalue weighted by Crippen LogP contribution is 2.45. The topological polar surface area (TPSA) is 125 Å². The summed E-state index contributed by atoms with van der Waals surface area (Å²) in [6, 6.07) is 0.893. The monoisotopic (exact) mass is 289 g/mol. The lowest BCUT2D eigenvalue weighted by Crippen LogP contribution is -2.21. The van der Waals surface area contributed by atoms with Crippen molar-refractivity contribution in [2.24, 2.45) is 5.14 Å². The number of rotatable bonds is 3. The van der Waals surface area contributed by atoms with Crippen LogP contribution in [0.15, 0.2) is 11.0 Å². The van der Waals surface area contributed by atoms with Crippen molar-refractivity contribution in [3.05, 3.63) is 11.6 Å². The minimum atomic E-state index is -4.16. The van der Waals surface area contributed by atoms with Gasteiger partial charge in [-0.05, 0) is 6.07 Å². The molecule has 104 valence electrons. The molecule has 0 unspecified atom stereocenters. The molecular weight excluding hydrogens is 278 g/mol. The predicted octanol–water partition coefficient (Wildman–Crippen LogP) is -0.188. The number of primary sulfonamides is 1. The van der Waals surface area contributed by atoms with Crippen molar-refractivity contribution >= 4 is 16.0 Å². The molecule has 0 spiro atoms. The molecule has 9 heteroatoms. The van der Waals surface area contributed by atoms with Gasteiger partial charge in [0.25, 0.3) is 0 Å². The second-order valence-electron chi connectivity index (χ2n) is 3.66. The largest absolute Gasteiger partial charge is 0.491 e. The summed E-state index contributed by atoms with van der Waals surface area (Å²) in [6.45, 7) is 0.307. The molecule has 0 bridgehead atoms. The lowest BCUT2D eigenvalue weighted by atomic mass is 10.1. The standard InChI is InChI=1S/C10H11NO7S/c1-16-8-6(19(11,14)15)4-5(10(12)13)7-9(8)18-3-2-17-7/h4H,2-3H2,1H3,(H,12,13)(H2,11,14,15). The van der Waals surface area contributed by atoms with Crippen molar-refractivity contribution in [1.82, 2.24) is 0 Å². The first-order valence-corrected chi connectivity index (χ1v) is 6.67. The molecule has 2 rings (SSSR count). The Hall–Kier alpha value is -2.00. The fourth-order valence-electron chi connectivity index (χ4n) is 1.72. The van der Waals surface area contributed by atoms with Gasteiger partial charge in [0.15, 0.2) is 11.5 Å². The van der Waals surface area contributed by atoms with Crippen LogP contribution in [0.2, 0.25) is 0 Å². The van der Waals surface area contributed by atoms with E-state index in [0.717, 1.165) is 6.07 Å². The molecular formula is C10H11NO7S. The van der Waals surface area contributed by atoms with Crippen LogP contribution in [0.4, 0.5) is 0 Å². The van der Waals surface area contributed by atoms with E-state index in [2.05, 4.69) is 0 Å². The van der Waals surface area contributed by atoms with E-state index >= 15 is 0 Å². The van der Waals surface area contributed by atoms with Crippen molar-refractivity contribution in [2.75, 3.05) is 20.3 Å².